The first-order valence-corrected chi connectivity index (χ1v) is 14.3. The van der Waals surface area contributed by atoms with Gasteiger partial charge in [0.15, 0.2) is 0 Å². The molecular weight excluding hydrogens is 498 g/mol. The minimum absolute atomic E-state index is 0.154. The zero-order valence-electron chi connectivity index (χ0n) is 22.3. The van der Waals surface area contributed by atoms with Crippen LogP contribution in [0, 0.1) is 0 Å². The van der Waals surface area contributed by atoms with Gasteiger partial charge < -0.3 is 15.2 Å². The summed E-state index contributed by atoms with van der Waals surface area (Å²) in [5.41, 5.74) is 4.76. The van der Waals surface area contributed by atoms with Gasteiger partial charge in [0.25, 0.3) is 0 Å². The molecule has 0 spiro atoms. The van der Waals surface area contributed by atoms with Crippen LogP contribution < -0.4 is 11.4 Å². The molecule has 38 heavy (non-hydrogen) atoms. The Morgan fingerprint density at radius 3 is 2.11 bits per heavy atom. The summed E-state index contributed by atoms with van der Waals surface area (Å²) in [6.07, 6.45) is 33.8. The highest BCUT2D eigenvalue weighted by Gasteiger charge is 2.29. The predicted molar refractivity (Wildman–Crippen MR) is 158 cm³/mol. The number of carbonyl (C=O) groups excluding carboxylic acids is 1. The topological polar surface area (TPSA) is 96.4 Å². The van der Waals surface area contributed by atoms with Crippen LogP contribution in [-0.2, 0) is 14.3 Å². The van der Waals surface area contributed by atoms with Crippen LogP contribution in [-0.4, -0.2) is 33.3 Å². The fourth-order valence-corrected chi connectivity index (χ4v) is 4.39. The summed E-state index contributed by atoms with van der Waals surface area (Å²) in [5, 5.41) is 0. The minimum Gasteiger partial charge on any atom is -0.462 e. The van der Waals surface area contributed by atoms with Crippen molar-refractivity contribution in [3.05, 3.63) is 95.7 Å². The fourth-order valence-electron chi connectivity index (χ4n) is 3.40. The maximum Gasteiger partial charge on any atom is 0.351 e. The van der Waals surface area contributed by atoms with Crippen LogP contribution in [0.1, 0.15) is 64.5 Å². The number of nitrogen functional groups attached to an aromatic ring is 1. The molecule has 2 rings (SSSR count). The van der Waals surface area contributed by atoms with Crippen LogP contribution in [0.2, 0.25) is 0 Å². The van der Waals surface area contributed by atoms with Crippen molar-refractivity contribution >= 4 is 23.5 Å². The quantitative estimate of drug-likeness (QED) is 0.180. The van der Waals surface area contributed by atoms with E-state index in [4.69, 9.17) is 15.2 Å². The van der Waals surface area contributed by atoms with Crippen molar-refractivity contribution in [1.82, 2.24) is 9.55 Å². The Labute approximate surface area is 230 Å². The van der Waals surface area contributed by atoms with Gasteiger partial charge in [-0.2, -0.15) is 4.98 Å². The monoisotopic (exact) mass is 539 g/mol. The number of allylic oxidation sites excluding steroid dienone is 12. The first kappa shape index (κ1) is 31.1. The van der Waals surface area contributed by atoms with Gasteiger partial charge in [0, 0.05) is 18.4 Å². The van der Waals surface area contributed by atoms with E-state index in [9.17, 15) is 9.59 Å². The van der Waals surface area contributed by atoms with E-state index < -0.39 is 11.9 Å². The Hall–Kier alpha value is -3.10. The van der Waals surface area contributed by atoms with Gasteiger partial charge in [-0.15, -0.1) is 11.8 Å². The van der Waals surface area contributed by atoms with E-state index in [1.54, 1.807) is 12.3 Å². The van der Waals surface area contributed by atoms with E-state index in [2.05, 4.69) is 78.7 Å². The third kappa shape index (κ3) is 14.0. The molecule has 1 aromatic rings. The molecular formula is C30H41N3O4S. The maximum atomic E-state index is 12.0. The first-order chi connectivity index (χ1) is 18.6. The van der Waals surface area contributed by atoms with E-state index in [0.29, 0.717) is 18.6 Å². The van der Waals surface area contributed by atoms with Gasteiger partial charge in [0.05, 0.1) is 0 Å². The van der Waals surface area contributed by atoms with Crippen molar-refractivity contribution in [2.45, 2.75) is 70.0 Å². The second-order valence-corrected chi connectivity index (χ2v) is 9.73. The van der Waals surface area contributed by atoms with Crippen molar-refractivity contribution < 1.29 is 14.3 Å². The molecule has 2 unspecified atom stereocenters. The average molecular weight is 540 g/mol. The summed E-state index contributed by atoms with van der Waals surface area (Å²) in [6.45, 7) is 2.30. The third-order valence-corrected chi connectivity index (χ3v) is 6.48. The van der Waals surface area contributed by atoms with Gasteiger partial charge in [-0.3, -0.25) is 9.36 Å². The van der Waals surface area contributed by atoms with Crippen LogP contribution >= 0.6 is 11.8 Å². The number of nitrogens with two attached hydrogens (primary N) is 1. The van der Waals surface area contributed by atoms with Crippen LogP contribution in [0.25, 0.3) is 0 Å². The standard InChI is InChI=1S/C30H41N3O4S/c1-2-3-4-5-6-7-8-9-10-11-12-13-14-15-16-17-18-19-20-21-28(34)36-24-29-37-27(25-38-29)33-23-22-26(31)32-30(33)35/h3-4,6-7,9-10,12-13,15-16,18-19,22-23,27,29H,2,5,8,11,14,17,20-21,24-25H2,1H3,(H2,31,32,35). The summed E-state index contributed by atoms with van der Waals surface area (Å²) in [6, 6.07) is 1.55. The third-order valence-electron chi connectivity index (χ3n) is 5.39. The normalized spacial score (nSPS) is 18.4. The number of ether oxygens (including phenoxy) is 2. The van der Waals surface area contributed by atoms with Crippen molar-refractivity contribution in [1.29, 1.82) is 0 Å². The molecule has 1 aliphatic rings. The average Bonchev–Trinajstić information content (AvgIpc) is 3.37. The van der Waals surface area contributed by atoms with Crippen LogP contribution in [0.5, 0.6) is 0 Å². The molecule has 1 aliphatic heterocycles. The van der Waals surface area contributed by atoms with Gasteiger partial charge in [0.2, 0.25) is 0 Å². The molecule has 8 heteroatoms. The van der Waals surface area contributed by atoms with E-state index in [1.807, 2.05) is 6.08 Å². The molecule has 0 bridgehead atoms. The number of rotatable bonds is 17. The number of aromatic nitrogens is 2. The summed E-state index contributed by atoms with van der Waals surface area (Å²) in [5.74, 6) is 0.490. The van der Waals surface area contributed by atoms with Gasteiger partial charge in [-0.1, -0.05) is 79.8 Å². The predicted octanol–water partition coefficient (Wildman–Crippen LogP) is 6.43. The Morgan fingerprint density at radius 2 is 1.55 bits per heavy atom. The lowest BCUT2D eigenvalue weighted by molar-refractivity contribution is -0.146. The molecule has 1 saturated heterocycles. The molecule has 0 aromatic carbocycles. The molecule has 2 N–H and O–H groups in total. The maximum absolute atomic E-state index is 12.0. The highest BCUT2D eigenvalue weighted by Crippen LogP contribution is 2.31. The molecule has 2 heterocycles. The molecule has 1 fully saturated rings. The highest BCUT2D eigenvalue weighted by atomic mass is 32.2. The lowest BCUT2D eigenvalue weighted by Crippen LogP contribution is -2.29. The van der Waals surface area contributed by atoms with E-state index in [1.165, 1.54) is 16.3 Å². The molecule has 0 saturated carbocycles. The summed E-state index contributed by atoms with van der Waals surface area (Å²) < 4.78 is 12.5. The Kier molecular flexibility index (Phi) is 16.3. The second-order valence-electron chi connectivity index (χ2n) is 8.53. The van der Waals surface area contributed by atoms with E-state index in [0.717, 1.165) is 38.5 Å². The number of anilines is 1. The molecule has 1 aromatic heterocycles. The van der Waals surface area contributed by atoms with Gasteiger partial charge in [0.1, 0.15) is 24.1 Å². The molecule has 7 nitrogen and oxygen atoms in total. The van der Waals surface area contributed by atoms with Crippen molar-refractivity contribution in [2.24, 2.45) is 0 Å². The number of nitrogens with zero attached hydrogens (tertiary/aromatic N) is 2. The second kappa shape index (κ2) is 19.9. The molecule has 0 radical (unpaired) electrons. The van der Waals surface area contributed by atoms with Crippen LogP contribution in [0.3, 0.4) is 0 Å². The fraction of sp³-hybridized carbons (Fsp3) is 0.433. The summed E-state index contributed by atoms with van der Waals surface area (Å²) in [4.78, 5) is 27.6. The minimum atomic E-state index is -0.454. The Balaban J connectivity index is 1.46. The number of hydrogen-bond acceptors (Lipinski definition) is 7. The van der Waals surface area contributed by atoms with Crippen molar-refractivity contribution in [3.8, 4) is 0 Å². The molecule has 0 amide bonds. The zero-order chi connectivity index (χ0) is 27.3. The number of hydrogen-bond donors (Lipinski definition) is 1. The molecule has 2 atom stereocenters. The van der Waals surface area contributed by atoms with Crippen molar-refractivity contribution in [3.63, 3.8) is 0 Å². The largest absolute Gasteiger partial charge is 0.462 e. The molecule has 0 aliphatic carbocycles. The number of thioether (sulfide) groups is 1. The van der Waals surface area contributed by atoms with Crippen LogP contribution in [0.15, 0.2) is 90.0 Å². The SMILES string of the molecule is CCC=CCC=CCC=CCC=CCC=CCC=CCCC(=O)OCC1OC(n2ccc(N)nc2=O)CS1. The summed E-state index contributed by atoms with van der Waals surface area (Å²) >= 11 is 1.50. The van der Waals surface area contributed by atoms with Gasteiger partial charge in [-0.05, 0) is 51.0 Å². The number of esters is 1. The van der Waals surface area contributed by atoms with Gasteiger partial charge in [-0.25, -0.2) is 4.79 Å². The lowest BCUT2D eigenvalue weighted by Gasteiger charge is -2.14. The lowest BCUT2D eigenvalue weighted by atomic mass is 10.2. The highest BCUT2D eigenvalue weighted by molar-refractivity contribution is 8.00. The van der Waals surface area contributed by atoms with Crippen molar-refractivity contribution in [2.75, 3.05) is 18.1 Å². The van der Waals surface area contributed by atoms with E-state index in [-0.39, 0.29) is 23.8 Å². The Bertz CT molecular complexity index is 1060. The first-order valence-electron chi connectivity index (χ1n) is 13.3. The molecule has 206 valence electrons. The smallest absolute Gasteiger partial charge is 0.351 e. The van der Waals surface area contributed by atoms with Gasteiger partial charge >= 0.3 is 11.7 Å². The van der Waals surface area contributed by atoms with Crippen LogP contribution in [0.4, 0.5) is 5.82 Å². The summed E-state index contributed by atoms with van der Waals surface area (Å²) in [7, 11) is 0. The zero-order valence-corrected chi connectivity index (χ0v) is 23.1. The Morgan fingerprint density at radius 1 is 1.00 bits per heavy atom. The van der Waals surface area contributed by atoms with E-state index >= 15 is 0 Å². The number of carbonyl (C=O) groups is 1.